The zero-order valence-corrected chi connectivity index (χ0v) is 12.1. The number of hydrogen-bond acceptors (Lipinski definition) is 0. The van der Waals surface area contributed by atoms with Crippen molar-refractivity contribution in [1.29, 1.82) is 0 Å². The molecule has 3 fully saturated rings. The fourth-order valence-corrected chi connectivity index (χ4v) is 6.57. The topological polar surface area (TPSA) is 0 Å². The predicted molar refractivity (Wildman–Crippen MR) is 81.2 cm³/mol. The van der Waals surface area contributed by atoms with Gasteiger partial charge in [-0.3, -0.25) is 0 Å². The lowest BCUT2D eigenvalue weighted by Crippen LogP contribution is -2.25. The Kier molecular flexibility index (Phi) is 4.30. The van der Waals surface area contributed by atoms with Crippen LogP contribution in [0.3, 0.4) is 0 Å². The van der Waals surface area contributed by atoms with E-state index in [-0.39, 0.29) is 0 Å². The highest BCUT2D eigenvalue weighted by atomic mass is 32.2. The normalized spacial score (nSPS) is 33.2. The Hall–Kier alpha value is -0.430. The van der Waals surface area contributed by atoms with Crippen LogP contribution in [0.1, 0.15) is 51.4 Å². The number of benzene rings is 1. The molecule has 1 heteroatoms. The van der Waals surface area contributed by atoms with E-state index in [4.69, 9.17) is 0 Å². The van der Waals surface area contributed by atoms with Gasteiger partial charge in [0.05, 0.1) is 0 Å². The van der Waals surface area contributed by atoms with Crippen molar-refractivity contribution in [2.45, 2.75) is 61.5 Å². The van der Waals surface area contributed by atoms with Crippen molar-refractivity contribution in [1.82, 2.24) is 0 Å². The molecule has 0 N–H and O–H groups in total. The van der Waals surface area contributed by atoms with Crippen LogP contribution in [-0.4, -0.2) is 11.0 Å². The maximum Gasteiger partial charge on any atom is 0.155 e. The predicted octanol–water partition coefficient (Wildman–Crippen LogP) is 4.80. The van der Waals surface area contributed by atoms with Crippen LogP contribution >= 0.6 is 0 Å². The first-order valence-electron chi connectivity index (χ1n) is 7.68. The van der Waals surface area contributed by atoms with Gasteiger partial charge in [0.25, 0.3) is 0 Å². The van der Waals surface area contributed by atoms with Gasteiger partial charge in [0.15, 0.2) is 4.90 Å². The third-order valence-corrected chi connectivity index (χ3v) is 7.58. The molecule has 0 radical (unpaired) electrons. The lowest BCUT2D eigenvalue weighted by atomic mass is 9.88. The first kappa shape index (κ1) is 12.6. The minimum absolute atomic E-state index is 0.541. The van der Waals surface area contributed by atoms with Gasteiger partial charge in [0.2, 0.25) is 0 Å². The lowest BCUT2D eigenvalue weighted by Gasteiger charge is -2.21. The maximum absolute atomic E-state index is 2.38. The maximum atomic E-state index is 2.38. The quantitative estimate of drug-likeness (QED) is 0.637. The molecule has 0 spiro atoms. The Morgan fingerprint density at radius 3 is 2.17 bits per heavy atom. The fourth-order valence-electron chi connectivity index (χ4n) is 3.73. The van der Waals surface area contributed by atoms with Crippen LogP contribution in [0, 0.1) is 5.92 Å². The first-order valence-corrected chi connectivity index (χ1v) is 9.14. The average Bonchev–Trinajstić information content (AvgIpc) is 2.54. The molecule has 2 heterocycles. The molecule has 2 aliphatic heterocycles. The zero-order chi connectivity index (χ0) is 12.2. The van der Waals surface area contributed by atoms with E-state index < -0.39 is 0 Å². The van der Waals surface area contributed by atoms with Crippen LogP contribution in [-0.2, 0) is 10.9 Å². The van der Waals surface area contributed by atoms with Gasteiger partial charge < -0.3 is 0 Å². The van der Waals surface area contributed by atoms with E-state index in [9.17, 15) is 0 Å². The number of fused-ring (bicyclic) bond motifs is 7. The molecule has 0 aromatic heterocycles. The van der Waals surface area contributed by atoms with Crippen molar-refractivity contribution in [3.05, 3.63) is 30.3 Å². The summed E-state index contributed by atoms with van der Waals surface area (Å²) in [4.78, 5) is 1.64. The SMILES string of the molecule is c1ccc([S+]2CCCC3CCCC2CCC3)cc1. The Labute approximate surface area is 115 Å². The monoisotopic (exact) mass is 261 g/mol. The molecule has 0 nitrogen and oxygen atoms in total. The van der Waals surface area contributed by atoms with Crippen molar-refractivity contribution in [2.75, 3.05) is 5.75 Å². The van der Waals surface area contributed by atoms with Gasteiger partial charge in [-0.25, -0.2) is 0 Å². The number of rotatable bonds is 1. The summed E-state index contributed by atoms with van der Waals surface area (Å²) in [6.45, 7) is 0. The highest BCUT2D eigenvalue weighted by molar-refractivity contribution is 7.97. The fraction of sp³-hybridized carbons (Fsp3) is 0.647. The van der Waals surface area contributed by atoms with E-state index in [2.05, 4.69) is 30.3 Å². The second-order valence-electron chi connectivity index (χ2n) is 5.94. The van der Waals surface area contributed by atoms with Crippen molar-refractivity contribution in [3.8, 4) is 0 Å². The molecule has 4 rings (SSSR count). The molecule has 1 unspecified atom stereocenters. The summed E-state index contributed by atoms with van der Waals surface area (Å²) in [7, 11) is 0.541. The summed E-state index contributed by atoms with van der Waals surface area (Å²) in [5.41, 5.74) is 0. The summed E-state index contributed by atoms with van der Waals surface area (Å²) in [6, 6.07) is 11.4. The summed E-state index contributed by atoms with van der Waals surface area (Å²) in [5, 5.41) is 0.992. The molecule has 1 aliphatic carbocycles. The molecule has 1 aromatic carbocycles. The van der Waals surface area contributed by atoms with Gasteiger partial charge in [-0.1, -0.05) is 31.0 Å². The van der Waals surface area contributed by atoms with Gasteiger partial charge in [-0.05, 0) is 56.6 Å². The third-order valence-electron chi connectivity index (χ3n) is 4.70. The van der Waals surface area contributed by atoms with E-state index in [1.807, 2.05) is 0 Å². The van der Waals surface area contributed by atoms with Crippen molar-refractivity contribution in [3.63, 3.8) is 0 Å². The highest BCUT2D eigenvalue weighted by Crippen LogP contribution is 2.35. The molecular formula is C17H25S+. The van der Waals surface area contributed by atoms with E-state index in [1.54, 1.807) is 4.90 Å². The standard InChI is InChI=1S/C17H25S/c1-2-10-16(11-3-1)18-14-6-9-15-7-4-12-17(18)13-5-8-15/h1-3,10-11,15,17H,4-9,12-14H2/q+1. The van der Waals surface area contributed by atoms with Gasteiger partial charge >= 0.3 is 0 Å². The van der Waals surface area contributed by atoms with Crippen LogP contribution in [0.5, 0.6) is 0 Å². The van der Waals surface area contributed by atoms with Gasteiger partial charge in [0.1, 0.15) is 11.0 Å². The van der Waals surface area contributed by atoms with Crippen LogP contribution in [0.4, 0.5) is 0 Å². The third kappa shape index (κ3) is 2.93. The molecule has 3 aliphatic rings. The summed E-state index contributed by atoms with van der Waals surface area (Å²) >= 11 is 0. The second-order valence-corrected chi connectivity index (χ2v) is 8.34. The average molecular weight is 261 g/mol. The molecule has 2 bridgehead atoms. The smallest absolute Gasteiger partial charge is 0.0619 e. The second kappa shape index (κ2) is 6.14. The molecule has 1 saturated carbocycles. The van der Waals surface area contributed by atoms with Gasteiger partial charge in [-0.15, -0.1) is 0 Å². The molecule has 1 atom stereocenters. The largest absolute Gasteiger partial charge is 0.155 e. The van der Waals surface area contributed by atoms with E-state index in [1.165, 1.54) is 57.1 Å². The highest BCUT2D eigenvalue weighted by Gasteiger charge is 2.34. The Morgan fingerprint density at radius 1 is 0.778 bits per heavy atom. The summed E-state index contributed by atoms with van der Waals surface area (Å²) < 4.78 is 0. The molecular weight excluding hydrogens is 236 g/mol. The van der Waals surface area contributed by atoms with Crippen LogP contribution in [0.25, 0.3) is 0 Å². The van der Waals surface area contributed by atoms with E-state index >= 15 is 0 Å². The van der Waals surface area contributed by atoms with E-state index in [0.717, 1.165) is 11.2 Å². The van der Waals surface area contributed by atoms with Crippen molar-refractivity contribution < 1.29 is 0 Å². The minimum atomic E-state index is 0.541. The molecule has 1 aromatic rings. The van der Waals surface area contributed by atoms with Gasteiger partial charge in [-0.2, -0.15) is 0 Å². The molecule has 0 amide bonds. The summed E-state index contributed by atoms with van der Waals surface area (Å²) in [6.07, 6.45) is 12.0. The molecule has 2 saturated heterocycles. The Bertz CT molecular complexity index is 349. The first-order chi connectivity index (χ1) is 8.93. The minimum Gasteiger partial charge on any atom is -0.0619 e. The van der Waals surface area contributed by atoms with Crippen molar-refractivity contribution >= 4 is 10.9 Å². The Morgan fingerprint density at radius 2 is 1.44 bits per heavy atom. The van der Waals surface area contributed by atoms with Crippen LogP contribution < -0.4 is 0 Å². The zero-order valence-electron chi connectivity index (χ0n) is 11.3. The lowest BCUT2D eigenvalue weighted by molar-refractivity contribution is 0.365. The van der Waals surface area contributed by atoms with Crippen molar-refractivity contribution in [2.24, 2.45) is 5.92 Å². The van der Waals surface area contributed by atoms with Crippen LogP contribution in [0.15, 0.2) is 35.2 Å². The molecule has 98 valence electrons. The Balaban J connectivity index is 1.83. The van der Waals surface area contributed by atoms with Gasteiger partial charge in [0, 0.05) is 10.9 Å². The summed E-state index contributed by atoms with van der Waals surface area (Å²) in [5.74, 6) is 2.52. The number of hydrogen-bond donors (Lipinski definition) is 0. The van der Waals surface area contributed by atoms with Crippen LogP contribution in [0.2, 0.25) is 0 Å². The van der Waals surface area contributed by atoms with E-state index in [0.29, 0.717) is 10.9 Å². The molecule has 18 heavy (non-hydrogen) atoms.